The molecule has 1 atom stereocenters. The van der Waals surface area contributed by atoms with Gasteiger partial charge in [0.15, 0.2) is 6.10 Å². The lowest BCUT2D eigenvalue weighted by atomic mass is 10.1. The lowest BCUT2D eigenvalue weighted by Crippen LogP contribution is -2.30. The van der Waals surface area contributed by atoms with E-state index >= 15 is 0 Å². The molecule has 0 spiro atoms. The average Bonchev–Trinajstić information content (AvgIpc) is 3.36. The van der Waals surface area contributed by atoms with Crippen LogP contribution in [0.5, 0.6) is 0 Å². The molecule has 6 heteroatoms. The maximum atomic E-state index is 12.8. The van der Waals surface area contributed by atoms with Gasteiger partial charge in [0.1, 0.15) is 13.2 Å². The highest BCUT2D eigenvalue weighted by Gasteiger charge is 2.19. The van der Waals surface area contributed by atoms with E-state index in [1.165, 1.54) is 51.4 Å². The van der Waals surface area contributed by atoms with Crippen LogP contribution < -0.4 is 0 Å². The molecule has 6 nitrogen and oxygen atoms in total. The second-order valence-corrected chi connectivity index (χ2v) is 18.1. The molecule has 394 valence electrons. The molecule has 0 aliphatic rings. The van der Waals surface area contributed by atoms with Gasteiger partial charge < -0.3 is 14.2 Å². The van der Waals surface area contributed by atoms with Crippen LogP contribution in [0.2, 0.25) is 0 Å². The van der Waals surface area contributed by atoms with Crippen LogP contribution in [0, 0.1) is 0 Å². The molecule has 0 fully saturated rings. The minimum absolute atomic E-state index is 0.109. The number of hydrogen-bond acceptors (Lipinski definition) is 6. The summed E-state index contributed by atoms with van der Waals surface area (Å²) in [5.74, 6) is -0.995. The largest absolute Gasteiger partial charge is 0.462 e. The van der Waals surface area contributed by atoms with E-state index in [1.54, 1.807) is 0 Å². The summed E-state index contributed by atoms with van der Waals surface area (Å²) in [6.45, 7) is 6.31. The molecule has 0 rings (SSSR count). The second kappa shape index (κ2) is 57.1. The molecule has 0 amide bonds. The number of carbonyl (C=O) groups excluding carboxylic acids is 3. The van der Waals surface area contributed by atoms with E-state index in [0.717, 1.165) is 135 Å². The normalized spacial score (nSPS) is 13.1. The van der Waals surface area contributed by atoms with E-state index in [0.29, 0.717) is 19.3 Å². The number of rotatable bonds is 49. The minimum Gasteiger partial charge on any atom is -0.462 e. The molecule has 0 radical (unpaired) electrons. The summed E-state index contributed by atoms with van der Waals surface area (Å²) in [6.07, 6.45) is 80.1. The third kappa shape index (κ3) is 54.5. The number of allylic oxidation sites excluding steroid dienone is 22. The van der Waals surface area contributed by atoms with E-state index in [2.05, 4.69) is 154 Å². The van der Waals surface area contributed by atoms with Crippen molar-refractivity contribution >= 4 is 17.9 Å². The van der Waals surface area contributed by atoms with Gasteiger partial charge in [0.2, 0.25) is 0 Å². The fourth-order valence-corrected chi connectivity index (χ4v) is 7.20. The average molecular weight is 968 g/mol. The molecule has 0 saturated heterocycles. The van der Waals surface area contributed by atoms with E-state index in [9.17, 15) is 14.4 Å². The van der Waals surface area contributed by atoms with Crippen molar-refractivity contribution in [2.75, 3.05) is 13.2 Å². The molecular formula is C64H102O6. The second-order valence-electron chi connectivity index (χ2n) is 18.1. The van der Waals surface area contributed by atoms with Gasteiger partial charge in [-0.3, -0.25) is 14.4 Å². The molecule has 0 aromatic rings. The molecule has 70 heavy (non-hydrogen) atoms. The molecular weight excluding hydrogens is 865 g/mol. The van der Waals surface area contributed by atoms with Gasteiger partial charge in [0.25, 0.3) is 0 Å². The highest BCUT2D eigenvalue weighted by molar-refractivity contribution is 5.71. The summed E-state index contributed by atoms with van der Waals surface area (Å²) < 4.78 is 16.8. The van der Waals surface area contributed by atoms with Crippen LogP contribution in [0.1, 0.15) is 233 Å². The molecule has 0 aliphatic heterocycles. The maximum absolute atomic E-state index is 12.8. The zero-order valence-electron chi connectivity index (χ0n) is 45.0. The SMILES string of the molecule is CC/C=C\C/C=C\C/C=C\C/C=C\C/C=C\C/C=C\C/C=C\CCCC(=O)OCC(COC(=O)CCCCCCC/C=C\CCCCC)OC(=O)CCCCCCCCC/C=C\C/C=C\C/C=C\CC. The van der Waals surface area contributed by atoms with Crippen LogP contribution in [0.3, 0.4) is 0 Å². The van der Waals surface area contributed by atoms with E-state index in [-0.39, 0.29) is 37.5 Å². The first kappa shape index (κ1) is 65.5. The van der Waals surface area contributed by atoms with Gasteiger partial charge in [0, 0.05) is 19.3 Å². The van der Waals surface area contributed by atoms with Crippen LogP contribution in [-0.2, 0) is 28.6 Å². The van der Waals surface area contributed by atoms with Crippen molar-refractivity contribution in [3.8, 4) is 0 Å². The predicted octanol–water partition coefficient (Wildman–Crippen LogP) is 19.0. The van der Waals surface area contributed by atoms with Gasteiger partial charge >= 0.3 is 17.9 Å². The third-order valence-electron chi connectivity index (χ3n) is 11.4. The van der Waals surface area contributed by atoms with Crippen molar-refractivity contribution in [3.05, 3.63) is 134 Å². The van der Waals surface area contributed by atoms with E-state index in [1.807, 2.05) is 0 Å². The fraction of sp³-hybridized carbons (Fsp3) is 0.609. The smallest absolute Gasteiger partial charge is 0.306 e. The Kier molecular flexibility index (Phi) is 53.5. The molecule has 0 aliphatic carbocycles. The highest BCUT2D eigenvalue weighted by atomic mass is 16.6. The molecule has 1 unspecified atom stereocenters. The molecule has 0 N–H and O–H groups in total. The van der Waals surface area contributed by atoms with Crippen LogP contribution in [0.15, 0.2) is 134 Å². The Morgan fingerprint density at radius 1 is 0.300 bits per heavy atom. The zero-order valence-corrected chi connectivity index (χ0v) is 45.0. The highest BCUT2D eigenvalue weighted by Crippen LogP contribution is 2.13. The Balaban J connectivity index is 4.50. The van der Waals surface area contributed by atoms with Crippen molar-refractivity contribution in [3.63, 3.8) is 0 Å². The summed E-state index contributed by atoms with van der Waals surface area (Å²) in [7, 11) is 0. The Morgan fingerprint density at radius 2 is 0.571 bits per heavy atom. The molecule has 0 heterocycles. The Bertz CT molecular complexity index is 1530. The Morgan fingerprint density at radius 3 is 0.943 bits per heavy atom. The van der Waals surface area contributed by atoms with Crippen LogP contribution in [0.4, 0.5) is 0 Å². The van der Waals surface area contributed by atoms with Crippen LogP contribution in [-0.4, -0.2) is 37.2 Å². The summed E-state index contributed by atoms with van der Waals surface area (Å²) in [4.78, 5) is 38.1. The van der Waals surface area contributed by atoms with Gasteiger partial charge in [-0.2, -0.15) is 0 Å². The van der Waals surface area contributed by atoms with E-state index < -0.39 is 6.10 Å². The summed E-state index contributed by atoms with van der Waals surface area (Å²) in [5, 5.41) is 0. The summed E-state index contributed by atoms with van der Waals surface area (Å²) >= 11 is 0. The summed E-state index contributed by atoms with van der Waals surface area (Å²) in [6, 6.07) is 0. The molecule has 0 bridgehead atoms. The number of esters is 3. The molecule has 0 saturated carbocycles. The number of unbranched alkanes of at least 4 members (excludes halogenated alkanes) is 16. The topological polar surface area (TPSA) is 78.9 Å². The summed E-state index contributed by atoms with van der Waals surface area (Å²) in [5.41, 5.74) is 0. The van der Waals surface area contributed by atoms with Crippen molar-refractivity contribution < 1.29 is 28.6 Å². The first-order chi connectivity index (χ1) is 34.5. The van der Waals surface area contributed by atoms with Crippen molar-refractivity contribution in [1.82, 2.24) is 0 Å². The van der Waals surface area contributed by atoms with Gasteiger partial charge in [0.05, 0.1) is 0 Å². The van der Waals surface area contributed by atoms with Crippen LogP contribution in [0.25, 0.3) is 0 Å². The molecule has 0 aromatic carbocycles. The van der Waals surface area contributed by atoms with Gasteiger partial charge in [-0.15, -0.1) is 0 Å². The lowest BCUT2D eigenvalue weighted by molar-refractivity contribution is -0.167. The minimum atomic E-state index is -0.815. The maximum Gasteiger partial charge on any atom is 0.306 e. The molecule has 0 aromatic heterocycles. The standard InChI is InChI=1S/C64H102O6/c1-4-7-10-13-16-19-22-25-27-29-30-31-32-33-34-36-37-39-42-45-48-51-54-57-63(66)69-60-61(59-68-62(65)56-53-50-47-44-41-24-21-18-15-12-9-6-3)70-64(67)58-55-52-49-46-43-40-38-35-28-26-23-20-17-14-11-8-5-2/h7-8,10-11,16-21,25-28,30-31,33-34,37,39,45,48,61H,4-6,9,12-15,22-24,29,32,35-36,38,40-44,46-47,49-60H2,1-3H3/b10-7-,11-8-,19-16-,20-17-,21-18-,27-25-,28-26-,31-30-,34-33-,39-37-,48-45-. The Labute approximate surface area is 430 Å². The lowest BCUT2D eigenvalue weighted by Gasteiger charge is -2.18. The van der Waals surface area contributed by atoms with Gasteiger partial charge in [-0.25, -0.2) is 0 Å². The van der Waals surface area contributed by atoms with E-state index in [4.69, 9.17) is 14.2 Å². The fourth-order valence-electron chi connectivity index (χ4n) is 7.20. The number of carbonyl (C=O) groups is 3. The van der Waals surface area contributed by atoms with Crippen molar-refractivity contribution in [2.45, 2.75) is 239 Å². The quantitative estimate of drug-likeness (QED) is 0.0262. The zero-order chi connectivity index (χ0) is 50.7. The van der Waals surface area contributed by atoms with Crippen LogP contribution >= 0.6 is 0 Å². The van der Waals surface area contributed by atoms with Crippen molar-refractivity contribution in [1.29, 1.82) is 0 Å². The Hall–Kier alpha value is -4.45. The monoisotopic (exact) mass is 967 g/mol. The number of ether oxygens (including phenoxy) is 3. The predicted molar refractivity (Wildman–Crippen MR) is 302 cm³/mol. The number of hydrogen-bond donors (Lipinski definition) is 0. The first-order valence-electron chi connectivity index (χ1n) is 28.2. The van der Waals surface area contributed by atoms with Gasteiger partial charge in [-0.05, 0) is 128 Å². The van der Waals surface area contributed by atoms with Crippen molar-refractivity contribution in [2.24, 2.45) is 0 Å². The third-order valence-corrected chi connectivity index (χ3v) is 11.4. The first-order valence-corrected chi connectivity index (χ1v) is 28.2. The van der Waals surface area contributed by atoms with Gasteiger partial charge in [-0.1, -0.05) is 219 Å².